The first-order valence-electron chi connectivity index (χ1n) is 6.52. The van der Waals surface area contributed by atoms with Gasteiger partial charge in [0.05, 0.1) is 13.0 Å². The maximum absolute atomic E-state index is 11.3. The van der Waals surface area contributed by atoms with E-state index >= 15 is 0 Å². The molecule has 0 unspecified atom stereocenters. The van der Waals surface area contributed by atoms with E-state index in [-0.39, 0.29) is 13.0 Å². The summed E-state index contributed by atoms with van der Waals surface area (Å²) in [4.78, 5) is 21.6. The molecule has 1 aromatic rings. The average Bonchev–Trinajstić information content (AvgIpc) is 2.40. The molecule has 0 aromatic heterocycles. The van der Waals surface area contributed by atoms with Gasteiger partial charge in [-0.2, -0.15) is 0 Å². The molecular formula is C14H19NO5. The maximum Gasteiger partial charge on any atom is 0.412 e. The SMILES string of the molecule is CCCCOc1ccc(OC(=O)NCCC(=O)O)cc1. The molecule has 0 bridgehead atoms. The highest BCUT2D eigenvalue weighted by Crippen LogP contribution is 2.17. The molecule has 0 atom stereocenters. The predicted octanol–water partition coefficient (Wildman–Crippen LogP) is 2.43. The molecule has 0 saturated heterocycles. The van der Waals surface area contributed by atoms with Crippen LogP contribution >= 0.6 is 0 Å². The van der Waals surface area contributed by atoms with Crippen molar-refractivity contribution in [2.24, 2.45) is 0 Å². The van der Waals surface area contributed by atoms with Crippen LogP contribution in [0.2, 0.25) is 0 Å². The van der Waals surface area contributed by atoms with Gasteiger partial charge < -0.3 is 19.9 Å². The molecule has 6 heteroatoms. The fourth-order valence-corrected chi connectivity index (χ4v) is 1.35. The zero-order chi connectivity index (χ0) is 14.8. The van der Waals surface area contributed by atoms with Crippen LogP contribution in [0, 0.1) is 0 Å². The summed E-state index contributed by atoms with van der Waals surface area (Å²) in [6.45, 7) is 2.78. The highest BCUT2D eigenvalue weighted by atomic mass is 16.6. The van der Waals surface area contributed by atoms with E-state index in [0.717, 1.165) is 18.6 Å². The molecule has 0 aliphatic rings. The molecule has 0 aliphatic heterocycles. The smallest absolute Gasteiger partial charge is 0.412 e. The number of hydrogen-bond acceptors (Lipinski definition) is 4. The summed E-state index contributed by atoms with van der Waals surface area (Å²) in [5.74, 6) is 0.122. The molecule has 0 saturated carbocycles. The molecule has 110 valence electrons. The molecule has 1 amide bonds. The first-order valence-corrected chi connectivity index (χ1v) is 6.52. The fourth-order valence-electron chi connectivity index (χ4n) is 1.35. The zero-order valence-corrected chi connectivity index (χ0v) is 11.4. The molecule has 1 aromatic carbocycles. The quantitative estimate of drug-likeness (QED) is 0.715. The number of carboxylic acids is 1. The number of carbonyl (C=O) groups is 2. The Morgan fingerprint density at radius 1 is 1.20 bits per heavy atom. The van der Waals surface area contributed by atoms with Crippen molar-refractivity contribution in [2.75, 3.05) is 13.2 Å². The van der Waals surface area contributed by atoms with Crippen LogP contribution in [0.5, 0.6) is 11.5 Å². The van der Waals surface area contributed by atoms with Gasteiger partial charge in [-0.1, -0.05) is 13.3 Å². The second-order valence-corrected chi connectivity index (χ2v) is 4.13. The largest absolute Gasteiger partial charge is 0.494 e. The lowest BCUT2D eigenvalue weighted by Gasteiger charge is -2.07. The topological polar surface area (TPSA) is 84.9 Å². The van der Waals surface area contributed by atoms with Crippen LogP contribution in [0.3, 0.4) is 0 Å². The summed E-state index contributed by atoms with van der Waals surface area (Å²) in [5.41, 5.74) is 0. The van der Waals surface area contributed by atoms with E-state index in [1.165, 1.54) is 0 Å². The van der Waals surface area contributed by atoms with Crippen LogP contribution in [0.1, 0.15) is 26.2 Å². The minimum Gasteiger partial charge on any atom is -0.494 e. The summed E-state index contributed by atoms with van der Waals surface area (Å²) in [7, 11) is 0. The van der Waals surface area contributed by atoms with Crippen molar-refractivity contribution < 1.29 is 24.2 Å². The lowest BCUT2D eigenvalue weighted by molar-refractivity contribution is -0.136. The summed E-state index contributed by atoms with van der Waals surface area (Å²) in [6, 6.07) is 6.68. The van der Waals surface area contributed by atoms with Crippen LogP contribution < -0.4 is 14.8 Å². The Bertz CT molecular complexity index is 430. The molecule has 20 heavy (non-hydrogen) atoms. The minimum atomic E-state index is -0.973. The number of benzene rings is 1. The maximum atomic E-state index is 11.3. The standard InChI is InChI=1S/C14H19NO5/c1-2-3-10-19-11-4-6-12(7-5-11)20-14(18)15-9-8-13(16)17/h4-7H,2-3,8-10H2,1H3,(H,15,18)(H,16,17). The third-order valence-corrected chi connectivity index (χ3v) is 2.41. The number of amides is 1. The van der Waals surface area contributed by atoms with Crippen molar-refractivity contribution in [2.45, 2.75) is 26.2 Å². The number of aliphatic carboxylic acids is 1. The van der Waals surface area contributed by atoms with E-state index in [0.29, 0.717) is 12.4 Å². The van der Waals surface area contributed by atoms with Crippen LogP contribution in [0.4, 0.5) is 4.79 Å². The number of unbranched alkanes of at least 4 members (excludes halogenated alkanes) is 1. The van der Waals surface area contributed by atoms with Crippen molar-refractivity contribution in [3.63, 3.8) is 0 Å². The van der Waals surface area contributed by atoms with Crippen molar-refractivity contribution in [1.29, 1.82) is 0 Å². The summed E-state index contributed by atoms with van der Waals surface area (Å²) >= 11 is 0. The van der Waals surface area contributed by atoms with Crippen LogP contribution in [0.25, 0.3) is 0 Å². The molecule has 2 N–H and O–H groups in total. The number of ether oxygens (including phenoxy) is 2. The van der Waals surface area contributed by atoms with Crippen molar-refractivity contribution >= 4 is 12.1 Å². The second-order valence-electron chi connectivity index (χ2n) is 4.13. The molecule has 0 fully saturated rings. The van der Waals surface area contributed by atoms with E-state index in [4.69, 9.17) is 14.6 Å². The Kier molecular flexibility index (Phi) is 6.95. The number of carbonyl (C=O) groups excluding carboxylic acids is 1. The summed E-state index contributed by atoms with van der Waals surface area (Å²) < 4.78 is 10.5. The van der Waals surface area contributed by atoms with Gasteiger partial charge in [-0.3, -0.25) is 4.79 Å². The van der Waals surface area contributed by atoms with Gasteiger partial charge in [0, 0.05) is 6.54 Å². The van der Waals surface area contributed by atoms with Crippen LogP contribution in [0.15, 0.2) is 24.3 Å². The van der Waals surface area contributed by atoms with E-state index < -0.39 is 12.1 Å². The van der Waals surface area contributed by atoms with Gasteiger partial charge in [0.15, 0.2) is 0 Å². The third kappa shape index (κ3) is 6.63. The van der Waals surface area contributed by atoms with E-state index in [1.807, 2.05) is 0 Å². The normalized spacial score (nSPS) is 9.85. The molecule has 6 nitrogen and oxygen atoms in total. The minimum absolute atomic E-state index is 0.0341. The van der Waals surface area contributed by atoms with Gasteiger partial charge in [0.2, 0.25) is 0 Å². The first-order chi connectivity index (χ1) is 9.61. The van der Waals surface area contributed by atoms with Gasteiger partial charge in [0.25, 0.3) is 0 Å². The number of nitrogens with one attached hydrogen (secondary N) is 1. The van der Waals surface area contributed by atoms with E-state index in [9.17, 15) is 9.59 Å². The average molecular weight is 281 g/mol. The highest BCUT2D eigenvalue weighted by Gasteiger charge is 2.05. The number of hydrogen-bond donors (Lipinski definition) is 2. The van der Waals surface area contributed by atoms with Gasteiger partial charge in [-0.05, 0) is 30.7 Å². The lowest BCUT2D eigenvalue weighted by Crippen LogP contribution is -2.28. The van der Waals surface area contributed by atoms with Gasteiger partial charge in [0.1, 0.15) is 11.5 Å². The lowest BCUT2D eigenvalue weighted by atomic mass is 10.3. The number of carboxylic acid groups (broad SMARTS) is 1. The van der Waals surface area contributed by atoms with Gasteiger partial charge >= 0.3 is 12.1 Å². The predicted molar refractivity (Wildman–Crippen MR) is 73.1 cm³/mol. The van der Waals surface area contributed by atoms with Crippen molar-refractivity contribution in [3.05, 3.63) is 24.3 Å². The molecule has 1 rings (SSSR count). The second kappa shape index (κ2) is 8.79. The van der Waals surface area contributed by atoms with Crippen LogP contribution in [-0.2, 0) is 4.79 Å². The molecule has 0 radical (unpaired) electrons. The highest BCUT2D eigenvalue weighted by molar-refractivity contribution is 5.72. The molecule has 0 spiro atoms. The third-order valence-electron chi connectivity index (χ3n) is 2.41. The molecular weight excluding hydrogens is 262 g/mol. The van der Waals surface area contributed by atoms with Crippen LogP contribution in [-0.4, -0.2) is 30.3 Å². The fraction of sp³-hybridized carbons (Fsp3) is 0.429. The Hall–Kier alpha value is -2.24. The van der Waals surface area contributed by atoms with Gasteiger partial charge in [-0.25, -0.2) is 4.79 Å². The molecule has 0 aliphatic carbocycles. The molecule has 0 heterocycles. The first kappa shape index (κ1) is 15.8. The van der Waals surface area contributed by atoms with Crippen molar-refractivity contribution in [1.82, 2.24) is 5.32 Å². The zero-order valence-electron chi connectivity index (χ0n) is 11.4. The summed E-state index contributed by atoms with van der Waals surface area (Å²) in [6.07, 6.45) is 1.24. The van der Waals surface area contributed by atoms with Gasteiger partial charge in [-0.15, -0.1) is 0 Å². The van der Waals surface area contributed by atoms with Crippen molar-refractivity contribution in [3.8, 4) is 11.5 Å². The number of rotatable bonds is 8. The van der Waals surface area contributed by atoms with E-state index in [2.05, 4.69) is 12.2 Å². The van der Waals surface area contributed by atoms with E-state index in [1.54, 1.807) is 24.3 Å². The Morgan fingerprint density at radius 2 is 1.85 bits per heavy atom. The Morgan fingerprint density at radius 3 is 2.45 bits per heavy atom. The monoisotopic (exact) mass is 281 g/mol. The Labute approximate surface area is 117 Å². The Balaban J connectivity index is 2.33. The summed E-state index contributed by atoms with van der Waals surface area (Å²) in [5, 5.41) is 10.8.